The van der Waals surface area contributed by atoms with Gasteiger partial charge in [0.1, 0.15) is 6.04 Å². The van der Waals surface area contributed by atoms with Gasteiger partial charge in [-0.15, -0.1) is 0 Å². The average Bonchev–Trinajstić information content (AvgIpc) is 3.14. The lowest BCUT2D eigenvalue weighted by molar-refractivity contribution is -0.150. The second-order valence-corrected chi connectivity index (χ2v) is 7.26. The van der Waals surface area contributed by atoms with E-state index in [9.17, 15) is 9.59 Å². The van der Waals surface area contributed by atoms with Gasteiger partial charge in [0, 0.05) is 20.1 Å². The van der Waals surface area contributed by atoms with E-state index in [1.165, 1.54) is 0 Å². The van der Waals surface area contributed by atoms with Crippen LogP contribution >= 0.6 is 0 Å². The molecule has 2 atom stereocenters. The number of nitrogens with one attached hydrogen (secondary N) is 1. The number of rotatable bonds is 4. The van der Waals surface area contributed by atoms with E-state index in [1.807, 2.05) is 11.9 Å². The van der Waals surface area contributed by atoms with Crippen LogP contribution in [0.2, 0.25) is 0 Å². The Morgan fingerprint density at radius 1 is 1.43 bits per heavy atom. The maximum Gasteiger partial charge on any atom is 0.248 e. The predicted molar refractivity (Wildman–Crippen MR) is 78.6 cm³/mol. The normalized spacial score (nSPS) is 27.7. The van der Waals surface area contributed by atoms with Crippen LogP contribution in [-0.4, -0.2) is 60.0 Å². The lowest BCUT2D eigenvalue weighted by Gasteiger charge is -2.42. The molecule has 1 heterocycles. The third-order valence-electron chi connectivity index (χ3n) is 4.77. The van der Waals surface area contributed by atoms with Crippen molar-refractivity contribution in [2.24, 2.45) is 17.3 Å². The zero-order chi connectivity index (χ0) is 15.8. The van der Waals surface area contributed by atoms with Crippen LogP contribution in [0.4, 0.5) is 0 Å². The van der Waals surface area contributed by atoms with Crippen molar-refractivity contribution in [1.82, 2.24) is 15.3 Å². The zero-order valence-electron chi connectivity index (χ0n) is 13.4. The van der Waals surface area contributed by atoms with Gasteiger partial charge in [0.25, 0.3) is 0 Å². The first kappa shape index (κ1) is 16.2. The van der Waals surface area contributed by atoms with Crippen molar-refractivity contribution < 1.29 is 14.8 Å². The van der Waals surface area contributed by atoms with Crippen molar-refractivity contribution in [2.45, 2.75) is 39.2 Å². The van der Waals surface area contributed by atoms with Crippen LogP contribution in [-0.2, 0) is 9.59 Å². The molecule has 2 amide bonds. The van der Waals surface area contributed by atoms with Crippen molar-refractivity contribution in [3.8, 4) is 0 Å². The van der Waals surface area contributed by atoms with Gasteiger partial charge in [0.05, 0.1) is 5.92 Å². The fraction of sp³-hybridized carbons (Fsp3) is 0.867. The van der Waals surface area contributed by atoms with Gasteiger partial charge in [-0.05, 0) is 37.6 Å². The van der Waals surface area contributed by atoms with E-state index in [-0.39, 0.29) is 11.3 Å². The Labute approximate surface area is 126 Å². The average molecular weight is 297 g/mol. The highest BCUT2D eigenvalue weighted by atomic mass is 16.5. The number of carbonyl (C=O) groups excluding carboxylic acids is 2. The summed E-state index contributed by atoms with van der Waals surface area (Å²) in [7, 11) is 3.69. The molecule has 1 spiro atoms. The molecule has 2 fully saturated rings. The summed E-state index contributed by atoms with van der Waals surface area (Å²) in [4.78, 5) is 28.5. The third kappa shape index (κ3) is 3.37. The van der Waals surface area contributed by atoms with E-state index in [2.05, 4.69) is 13.8 Å². The molecule has 6 heteroatoms. The first-order valence-electron chi connectivity index (χ1n) is 7.69. The molecule has 0 aromatic rings. The molecule has 1 aliphatic heterocycles. The third-order valence-corrected chi connectivity index (χ3v) is 4.77. The van der Waals surface area contributed by atoms with Crippen molar-refractivity contribution in [3.05, 3.63) is 0 Å². The molecule has 1 aliphatic carbocycles. The molecule has 0 bridgehead atoms. The Balaban J connectivity index is 2.16. The Morgan fingerprint density at radius 3 is 2.52 bits per heavy atom. The van der Waals surface area contributed by atoms with E-state index < -0.39 is 17.9 Å². The highest BCUT2D eigenvalue weighted by Gasteiger charge is 2.54. The molecular weight excluding hydrogens is 270 g/mol. The minimum atomic E-state index is -0.480. The number of hydrogen-bond donors (Lipinski definition) is 2. The zero-order valence-corrected chi connectivity index (χ0v) is 13.4. The fourth-order valence-corrected chi connectivity index (χ4v) is 3.66. The van der Waals surface area contributed by atoms with Gasteiger partial charge in [-0.25, -0.2) is 5.48 Å². The Morgan fingerprint density at radius 2 is 2.05 bits per heavy atom. The van der Waals surface area contributed by atoms with Gasteiger partial charge in [-0.2, -0.15) is 0 Å². The molecule has 0 aromatic carbocycles. The Hall–Kier alpha value is -1.14. The van der Waals surface area contributed by atoms with Crippen LogP contribution in [0.5, 0.6) is 0 Å². The lowest BCUT2D eigenvalue weighted by atomic mass is 9.80. The molecule has 21 heavy (non-hydrogen) atoms. The summed E-state index contributed by atoms with van der Waals surface area (Å²) >= 11 is 0. The molecular formula is C15H27N3O3. The number of nitrogens with zero attached hydrogens (tertiary/aromatic N) is 2. The van der Waals surface area contributed by atoms with E-state index in [0.29, 0.717) is 18.9 Å². The van der Waals surface area contributed by atoms with Crippen LogP contribution < -0.4 is 5.48 Å². The first-order chi connectivity index (χ1) is 9.79. The lowest BCUT2D eigenvalue weighted by Crippen LogP contribution is -2.59. The molecule has 0 aromatic heterocycles. The molecule has 1 saturated carbocycles. The monoisotopic (exact) mass is 297 g/mol. The van der Waals surface area contributed by atoms with Gasteiger partial charge in [0.15, 0.2) is 0 Å². The minimum Gasteiger partial charge on any atom is -0.344 e. The minimum absolute atomic E-state index is 0.0321. The summed E-state index contributed by atoms with van der Waals surface area (Å²) in [6, 6.07) is -0.480. The van der Waals surface area contributed by atoms with Gasteiger partial charge in [0.2, 0.25) is 11.8 Å². The summed E-state index contributed by atoms with van der Waals surface area (Å²) in [6.45, 7) is 5.65. The number of hydrogen-bond acceptors (Lipinski definition) is 4. The number of carbonyl (C=O) groups is 2. The largest absolute Gasteiger partial charge is 0.344 e. The van der Waals surface area contributed by atoms with Crippen molar-refractivity contribution >= 4 is 11.8 Å². The van der Waals surface area contributed by atoms with Crippen LogP contribution in [0, 0.1) is 17.3 Å². The number of likely N-dealkylation sites (N-methyl/N-ethyl adjacent to an activating group) is 2. The van der Waals surface area contributed by atoms with E-state index in [0.717, 1.165) is 19.4 Å². The molecule has 120 valence electrons. The van der Waals surface area contributed by atoms with Crippen LogP contribution in [0.3, 0.4) is 0 Å². The standard InChI is InChI=1S/C15H27N3O3/c1-10(2)8-17(3)14(20)12-11(13(19)16-21)7-15(5-6-15)9-18(12)4/h10-12,21H,5-9H2,1-4H3,(H,16,19). The highest BCUT2D eigenvalue weighted by molar-refractivity contribution is 5.90. The van der Waals surface area contributed by atoms with E-state index in [1.54, 1.807) is 17.4 Å². The van der Waals surface area contributed by atoms with Gasteiger partial charge < -0.3 is 4.90 Å². The first-order valence-corrected chi connectivity index (χ1v) is 7.69. The molecule has 2 N–H and O–H groups in total. The summed E-state index contributed by atoms with van der Waals surface area (Å²) in [5.41, 5.74) is 1.93. The SMILES string of the molecule is CC(C)CN(C)C(=O)C1C(C(=O)NO)CC2(CC2)CN1C. The molecule has 2 unspecified atom stereocenters. The van der Waals surface area contributed by atoms with E-state index >= 15 is 0 Å². The highest BCUT2D eigenvalue weighted by Crippen LogP contribution is 2.54. The molecule has 2 rings (SSSR count). The number of likely N-dealkylation sites (tertiary alicyclic amines) is 1. The summed E-state index contributed by atoms with van der Waals surface area (Å²) in [6.07, 6.45) is 2.90. The maximum atomic E-state index is 12.7. The van der Waals surface area contributed by atoms with Crippen LogP contribution in [0.15, 0.2) is 0 Å². The van der Waals surface area contributed by atoms with Gasteiger partial charge in [-0.3, -0.25) is 19.7 Å². The topological polar surface area (TPSA) is 72.9 Å². The fourth-order valence-electron chi connectivity index (χ4n) is 3.66. The van der Waals surface area contributed by atoms with Gasteiger partial charge >= 0.3 is 0 Å². The molecule has 6 nitrogen and oxygen atoms in total. The summed E-state index contributed by atoms with van der Waals surface area (Å²) < 4.78 is 0. The quantitative estimate of drug-likeness (QED) is 0.592. The smallest absolute Gasteiger partial charge is 0.248 e. The second kappa shape index (κ2) is 5.93. The summed E-state index contributed by atoms with van der Waals surface area (Å²) in [5, 5.41) is 9.00. The van der Waals surface area contributed by atoms with Crippen molar-refractivity contribution in [3.63, 3.8) is 0 Å². The summed E-state index contributed by atoms with van der Waals surface area (Å²) in [5.74, 6) is -0.564. The molecule has 2 aliphatic rings. The van der Waals surface area contributed by atoms with E-state index in [4.69, 9.17) is 5.21 Å². The number of hydroxylamine groups is 1. The second-order valence-electron chi connectivity index (χ2n) is 7.26. The van der Waals surface area contributed by atoms with Gasteiger partial charge in [-0.1, -0.05) is 13.8 Å². The maximum absolute atomic E-state index is 12.7. The Kier molecular flexibility index (Phi) is 4.58. The van der Waals surface area contributed by atoms with Crippen LogP contribution in [0.1, 0.15) is 33.1 Å². The van der Waals surface area contributed by atoms with Crippen molar-refractivity contribution in [2.75, 3.05) is 27.2 Å². The number of piperidine rings is 1. The van der Waals surface area contributed by atoms with Crippen molar-refractivity contribution in [1.29, 1.82) is 0 Å². The Bertz CT molecular complexity index is 420. The molecule has 0 radical (unpaired) electrons. The van der Waals surface area contributed by atoms with Crippen LogP contribution in [0.25, 0.3) is 0 Å². The molecule has 1 saturated heterocycles. The predicted octanol–water partition coefficient (Wildman–Crippen LogP) is 0.707. The number of amides is 2.